The molecular formula is C10H18O2. The number of hydrogen-bond acceptors (Lipinski definition) is 2. The number of hydrogen-bond donors (Lipinski definition) is 1. The van der Waals surface area contributed by atoms with E-state index in [1.54, 1.807) is 0 Å². The van der Waals surface area contributed by atoms with Crippen molar-refractivity contribution in [1.82, 2.24) is 0 Å². The number of aliphatic hydroxyl groups excluding tert-OH is 1. The molecule has 12 heavy (non-hydrogen) atoms. The summed E-state index contributed by atoms with van der Waals surface area (Å²) in [5.41, 5.74) is 0. The molecular weight excluding hydrogens is 152 g/mol. The van der Waals surface area contributed by atoms with E-state index in [4.69, 9.17) is 5.11 Å². The summed E-state index contributed by atoms with van der Waals surface area (Å²) >= 11 is 0. The van der Waals surface area contributed by atoms with E-state index in [0.29, 0.717) is 25.2 Å². The summed E-state index contributed by atoms with van der Waals surface area (Å²) < 4.78 is 0. The van der Waals surface area contributed by atoms with Crippen molar-refractivity contribution < 1.29 is 9.90 Å². The molecule has 0 amide bonds. The number of carbonyl (C=O) groups excluding carboxylic acids is 1. The summed E-state index contributed by atoms with van der Waals surface area (Å²) in [7, 11) is 0. The van der Waals surface area contributed by atoms with Crippen LogP contribution in [0.1, 0.15) is 33.1 Å². The van der Waals surface area contributed by atoms with Gasteiger partial charge in [-0.3, -0.25) is 4.79 Å². The number of ketones is 1. The first-order chi connectivity index (χ1) is 5.70. The highest BCUT2D eigenvalue weighted by Gasteiger charge is 2.05. The first-order valence-corrected chi connectivity index (χ1v) is 4.46. The molecule has 0 spiro atoms. The minimum Gasteiger partial charge on any atom is -0.396 e. The Morgan fingerprint density at radius 1 is 1.58 bits per heavy atom. The largest absolute Gasteiger partial charge is 0.396 e. The zero-order valence-electron chi connectivity index (χ0n) is 7.92. The zero-order valence-corrected chi connectivity index (χ0v) is 7.92. The molecule has 0 fully saturated rings. The maximum Gasteiger partial charge on any atom is 0.133 e. The van der Waals surface area contributed by atoms with Crippen molar-refractivity contribution in [2.75, 3.05) is 6.61 Å². The molecule has 0 aromatic rings. The van der Waals surface area contributed by atoms with E-state index < -0.39 is 0 Å². The van der Waals surface area contributed by atoms with Crippen LogP contribution in [-0.2, 0) is 4.79 Å². The third kappa shape index (κ3) is 6.10. The Balaban J connectivity index is 3.54. The van der Waals surface area contributed by atoms with Gasteiger partial charge in [-0.25, -0.2) is 0 Å². The Morgan fingerprint density at radius 3 is 2.75 bits per heavy atom. The number of aliphatic hydroxyl groups is 1. The molecule has 0 saturated heterocycles. The van der Waals surface area contributed by atoms with Crippen LogP contribution in [0.5, 0.6) is 0 Å². The Hall–Kier alpha value is -0.630. The summed E-state index contributed by atoms with van der Waals surface area (Å²) in [5, 5.41) is 8.49. The van der Waals surface area contributed by atoms with Crippen LogP contribution in [0.15, 0.2) is 12.2 Å². The summed E-state index contributed by atoms with van der Waals surface area (Å²) in [6.07, 6.45) is 5.70. The maximum absolute atomic E-state index is 11.1. The molecule has 0 aliphatic rings. The second-order valence-electron chi connectivity index (χ2n) is 3.07. The molecule has 1 atom stereocenters. The molecule has 2 nitrogen and oxygen atoms in total. The van der Waals surface area contributed by atoms with E-state index in [-0.39, 0.29) is 12.4 Å². The van der Waals surface area contributed by atoms with Gasteiger partial charge in [-0.1, -0.05) is 19.1 Å². The molecule has 0 bridgehead atoms. The van der Waals surface area contributed by atoms with E-state index in [1.165, 1.54) is 0 Å². The third-order valence-corrected chi connectivity index (χ3v) is 1.68. The fraction of sp³-hybridized carbons (Fsp3) is 0.700. The van der Waals surface area contributed by atoms with Crippen LogP contribution in [-0.4, -0.2) is 17.5 Å². The fourth-order valence-electron chi connectivity index (χ4n) is 1.13. The van der Waals surface area contributed by atoms with Crippen molar-refractivity contribution in [3.8, 4) is 0 Å². The number of rotatable bonds is 6. The molecule has 2 heteroatoms. The highest BCUT2D eigenvalue weighted by Crippen LogP contribution is 2.07. The van der Waals surface area contributed by atoms with Gasteiger partial charge < -0.3 is 5.11 Å². The van der Waals surface area contributed by atoms with Gasteiger partial charge in [-0.15, -0.1) is 0 Å². The normalized spacial score (nSPS) is 13.6. The lowest BCUT2D eigenvalue weighted by Crippen LogP contribution is -2.04. The highest BCUT2D eigenvalue weighted by molar-refractivity contribution is 5.78. The molecule has 0 aromatic carbocycles. The Labute approximate surface area is 74.3 Å². The van der Waals surface area contributed by atoms with Crippen molar-refractivity contribution in [2.24, 2.45) is 5.92 Å². The van der Waals surface area contributed by atoms with Crippen molar-refractivity contribution in [3.63, 3.8) is 0 Å². The van der Waals surface area contributed by atoms with Gasteiger partial charge in [0.25, 0.3) is 0 Å². The molecule has 0 aliphatic heterocycles. The average Bonchev–Trinajstić information content (AvgIpc) is 2.01. The quantitative estimate of drug-likeness (QED) is 0.618. The molecule has 0 aliphatic carbocycles. The third-order valence-electron chi connectivity index (χ3n) is 1.68. The molecule has 0 radical (unpaired) electrons. The van der Waals surface area contributed by atoms with Crippen LogP contribution >= 0.6 is 0 Å². The second-order valence-corrected chi connectivity index (χ2v) is 3.07. The van der Waals surface area contributed by atoms with Crippen LogP contribution in [0, 0.1) is 5.92 Å². The van der Waals surface area contributed by atoms with E-state index in [0.717, 1.165) is 0 Å². The van der Waals surface area contributed by atoms with Crippen LogP contribution in [0.4, 0.5) is 0 Å². The van der Waals surface area contributed by atoms with Gasteiger partial charge >= 0.3 is 0 Å². The lowest BCUT2D eigenvalue weighted by molar-refractivity contribution is -0.119. The molecule has 70 valence electrons. The predicted octanol–water partition coefficient (Wildman–Crippen LogP) is 1.93. The van der Waals surface area contributed by atoms with Crippen LogP contribution < -0.4 is 0 Å². The van der Waals surface area contributed by atoms with Gasteiger partial charge in [-0.05, 0) is 19.3 Å². The zero-order chi connectivity index (χ0) is 9.40. The molecule has 1 N–H and O–H groups in total. The van der Waals surface area contributed by atoms with Crippen molar-refractivity contribution in [1.29, 1.82) is 0 Å². The Bertz CT molecular complexity index is 150. The minimum absolute atomic E-state index is 0.115. The monoisotopic (exact) mass is 170 g/mol. The van der Waals surface area contributed by atoms with E-state index in [2.05, 4.69) is 0 Å². The van der Waals surface area contributed by atoms with Crippen LogP contribution in [0.2, 0.25) is 0 Å². The van der Waals surface area contributed by atoms with Crippen molar-refractivity contribution in [2.45, 2.75) is 33.1 Å². The van der Waals surface area contributed by atoms with Crippen molar-refractivity contribution >= 4 is 5.78 Å². The van der Waals surface area contributed by atoms with E-state index >= 15 is 0 Å². The van der Waals surface area contributed by atoms with Gasteiger partial charge in [-0.2, -0.15) is 0 Å². The van der Waals surface area contributed by atoms with Crippen LogP contribution in [0.3, 0.4) is 0 Å². The summed E-state index contributed by atoms with van der Waals surface area (Å²) in [6.45, 7) is 4.09. The van der Waals surface area contributed by atoms with Gasteiger partial charge in [0.1, 0.15) is 5.78 Å². The first kappa shape index (κ1) is 11.4. The summed E-state index contributed by atoms with van der Waals surface area (Å²) in [5.74, 6) is 0.579. The second kappa shape index (κ2) is 7.04. The van der Waals surface area contributed by atoms with E-state index in [1.807, 2.05) is 26.0 Å². The number of allylic oxidation sites excluding steroid dienone is 2. The fourth-order valence-corrected chi connectivity index (χ4v) is 1.13. The topological polar surface area (TPSA) is 37.3 Å². The molecule has 1 unspecified atom stereocenters. The van der Waals surface area contributed by atoms with Crippen molar-refractivity contribution in [3.05, 3.63) is 12.2 Å². The van der Waals surface area contributed by atoms with Gasteiger partial charge in [0, 0.05) is 19.4 Å². The number of Topliss-reactive ketones (excluding diaryl/α,β-unsaturated/α-hetero) is 1. The lowest BCUT2D eigenvalue weighted by atomic mass is 10.0. The molecule has 0 saturated carbocycles. The average molecular weight is 170 g/mol. The van der Waals surface area contributed by atoms with E-state index in [9.17, 15) is 4.79 Å². The predicted molar refractivity (Wildman–Crippen MR) is 49.9 cm³/mol. The minimum atomic E-state index is 0.115. The van der Waals surface area contributed by atoms with Crippen LogP contribution in [0.25, 0.3) is 0 Å². The maximum atomic E-state index is 11.1. The Morgan fingerprint density at radius 2 is 2.25 bits per heavy atom. The highest BCUT2D eigenvalue weighted by atomic mass is 16.3. The summed E-state index contributed by atoms with van der Waals surface area (Å²) in [4.78, 5) is 11.1. The smallest absolute Gasteiger partial charge is 0.133 e. The molecule has 0 aromatic heterocycles. The molecule has 0 rings (SSSR count). The van der Waals surface area contributed by atoms with Gasteiger partial charge in [0.2, 0.25) is 0 Å². The first-order valence-electron chi connectivity index (χ1n) is 4.46. The lowest BCUT2D eigenvalue weighted by Gasteiger charge is -2.03. The SMILES string of the molecule is C/C=C/C(C)CC(=O)CCCO. The summed E-state index contributed by atoms with van der Waals surface area (Å²) in [6, 6.07) is 0. The van der Waals surface area contributed by atoms with Gasteiger partial charge in [0.05, 0.1) is 0 Å². The standard InChI is InChI=1S/C10H18O2/c1-3-5-9(2)8-10(12)6-4-7-11/h3,5,9,11H,4,6-8H2,1-2H3/b5-3+. The Kier molecular flexibility index (Phi) is 6.67. The number of carbonyl (C=O) groups is 1. The molecule has 0 heterocycles. The van der Waals surface area contributed by atoms with Gasteiger partial charge in [0.15, 0.2) is 0 Å².